The van der Waals surface area contributed by atoms with E-state index in [0.29, 0.717) is 19.3 Å². The molecule has 3 atom stereocenters. The average molecular weight is 995 g/mol. The topological polar surface area (TPSA) is 95.9 Å². The summed E-state index contributed by atoms with van der Waals surface area (Å²) >= 11 is 0. The summed E-state index contributed by atoms with van der Waals surface area (Å²) in [5.74, 6) is -0.527. The van der Waals surface area contributed by atoms with E-state index in [4.69, 9.17) is 4.74 Å². The highest BCUT2D eigenvalue weighted by Crippen LogP contribution is 2.18. The van der Waals surface area contributed by atoms with Crippen LogP contribution in [-0.4, -0.2) is 46.9 Å². The zero-order chi connectivity index (χ0) is 51.6. The molecule has 0 bridgehead atoms. The van der Waals surface area contributed by atoms with Crippen molar-refractivity contribution < 1.29 is 24.5 Å². The minimum Gasteiger partial charge on any atom is -0.462 e. The Balaban J connectivity index is 4.62. The number of aliphatic hydroxyl groups is 2. The van der Waals surface area contributed by atoms with Gasteiger partial charge in [0.2, 0.25) is 5.91 Å². The fourth-order valence-corrected chi connectivity index (χ4v) is 9.36. The molecule has 0 aromatic carbocycles. The lowest BCUT2D eigenvalue weighted by Gasteiger charge is -2.24. The number of aliphatic hydroxyl groups excluding tert-OH is 2. The third kappa shape index (κ3) is 53.7. The lowest BCUT2D eigenvalue weighted by atomic mass is 10.0. The predicted octanol–water partition coefficient (Wildman–Crippen LogP) is 19.5. The molecule has 0 aromatic heterocycles. The van der Waals surface area contributed by atoms with E-state index in [9.17, 15) is 19.8 Å². The summed E-state index contributed by atoms with van der Waals surface area (Å²) in [6, 6.07) is -0.723. The predicted molar refractivity (Wildman–Crippen MR) is 310 cm³/mol. The van der Waals surface area contributed by atoms with Gasteiger partial charge < -0.3 is 20.3 Å². The number of ether oxygens (including phenoxy) is 1. The normalized spacial score (nSPS) is 13.5. The fraction of sp³-hybridized carbons (Fsp3) is 0.815. The van der Waals surface area contributed by atoms with Crippen molar-refractivity contribution >= 4 is 11.9 Å². The second kappa shape index (κ2) is 58.4. The third-order valence-corrected chi connectivity index (χ3v) is 14.1. The number of hydrogen-bond donors (Lipinski definition) is 3. The Hall–Kier alpha value is -2.44. The number of hydrogen-bond acceptors (Lipinski definition) is 5. The lowest BCUT2D eigenvalue weighted by molar-refractivity contribution is -0.151. The molecule has 0 aliphatic carbocycles. The van der Waals surface area contributed by atoms with Gasteiger partial charge in [0.15, 0.2) is 0 Å². The van der Waals surface area contributed by atoms with E-state index in [1.165, 1.54) is 193 Å². The van der Waals surface area contributed by atoms with Crippen LogP contribution in [0.25, 0.3) is 0 Å². The monoisotopic (exact) mass is 994 g/mol. The van der Waals surface area contributed by atoms with Crippen molar-refractivity contribution in [2.75, 3.05) is 6.61 Å². The maximum Gasteiger partial charge on any atom is 0.306 e. The van der Waals surface area contributed by atoms with Crippen molar-refractivity contribution in [3.05, 3.63) is 60.8 Å². The van der Waals surface area contributed by atoms with Gasteiger partial charge in [-0.05, 0) is 89.9 Å². The molecule has 1 amide bonds. The SMILES string of the molecule is CCCCC/C=C\C/C=C\C/C=C\C/C=C\CCCC(CC(=O)NC(CO)C(O)CCCCCCCCCCCCCCCCCCC)OC(=O)CCCCCCC/C=C/CCCCCCCCCCC. The molecule has 0 saturated carbocycles. The summed E-state index contributed by atoms with van der Waals surface area (Å²) in [5, 5.41) is 23.9. The van der Waals surface area contributed by atoms with Gasteiger partial charge >= 0.3 is 5.97 Å². The van der Waals surface area contributed by atoms with Crippen molar-refractivity contribution in [1.29, 1.82) is 0 Å². The molecule has 0 spiro atoms. The first-order valence-electron chi connectivity index (χ1n) is 31.0. The van der Waals surface area contributed by atoms with Gasteiger partial charge in [0.1, 0.15) is 6.10 Å². The van der Waals surface area contributed by atoms with Crippen molar-refractivity contribution in [2.45, 2.75) is 334 Å². The molecule has 3 unspecified atom stereocenters. The van der Waals surface area contributed by atoms with Gasteiger partial charge in [-0.25, -0.2) is 0 Å². The summed E-state index contributed by atoms with van der Waals surface area (Å²) in [4.78, 5) is 26.3. The van der Waals surface area contributed by atoms with Crippen molar-refractivity contribution in [2.24, 2.45) is 0 Å². The summed E-state index contributed by atoms with van der Waals surface area (Å²) < 4.78 is 5.95. The number of nitrogens with one attached hydrogen (secondary N) is 1. The van der Waals surface area contributed by atoms with Gasteiger partial charge in [0.25, 0.3) is 0 Å². The second-order valence-electron chi connectivity index (χ2n) is 21.1. The zero-order valence-corrected chi connectivity index (χ0v) is 47.4. The van der Waals surface area contributed by atoms with Crippen LogP contribution in [0.3, 0.4) is 0 Å². The summed E-state index contributed by atoms with van der Waals surface area (Å²) in [5.41, 5.74) is 0. The van der Waals surface area contributed by atoms with Crippen LogP contribution in [0.1, 0.15) is 316 Å². The maximum absolute atomic E-state index is 13.3. The molecule has 0 radical (unpaired) electrons. The Morgan fingerprint density at radius 2 is 0.732 bits per heavy atom. The highest BCUT2D eigenvalue weighted by Gasteiger charge is 2.24. The Bertz CT molecular complexity index is 1250. The molecule has 0 rings (SSSR count). The molecular weight excluding hydrogens is 875 g/mol. The summed E-state index contributed by atoms with van der Waals surface area (Å²) in [6.07, 6.45) is 74.4. The lowest BCUT2D eigenvalue weighted by Crippen LogP contribution is -2.46. The van der Waals surface area contributed by atoms with Crippen LogP contribution in [0.2, 0.25) is 0 Å². The first kappa shape index (κ1) is 68.6. The number of allylic oxidation sites excluding steroid dienone is 10. The van der Waals surface area contributed by atoms with E-state index < -0.39 is 18.2 Å². The maximum atomic E-state index is 13.3. The van der Waals surface area contributed by atoms with Crippen molar-refractivity contribution in [1.82, 2.24) is 5.32 Å². The summed E-state index contributed by atoms with van der Waals surface area (Å²) in [6.45, 7) is 6.48. The van der Waals surface area contributed by atoms with Gasteiger partial charge in [-0.3, -0.25) is 9.59 Å². The number of carbonyl (C=O) groups is 2. The number of carbonyl (C=O) groups excluding carboxylic acids is 2. The Morgan fingerprint density at radius 3 is 1.15 bits per heavy atom. The second-order valence-corrected chi connectivity index (χ2v) is 21.1. The van der Waals surface area contributed by atoms with Crippen LogP contribution in [0.5, 0.6) is 0 Å². The van der Waals surface area contributed by atoms with E-state index in [0.717, 1.165) is 77.0 Å². The molecule has 6 heteroatoms. The first-order valence-corrected chi connectivity index (χ1v) is 31.0. The zero-order valence-electron chi connectivity index (χ0n) is 47.4. The fourth-order valence-electron chi connectivity index (χ4n) is 9.36. The highest BCUT2D eigenvalue weighted by atomic mass is 16.5. The quantitative estimate of drug-likeness (QED) is 0.0321. The van der Waals surface area contributed by atoms with Crippen LogP contribution in [0.4, 0.5) is 0 Å². The van der Waals surface area contributed by atoms with Crippen LogP contribution in [0, 0.1) is 0 Å². The Labute approximate surface area is 441 Å². The van der Waals surface area contributed by atoms with Crippen LogP contribution in [0.15, 0.2) is 60.8 Å². The van der Waals surface area contributed by atoms with E-state index >= 15 is 0 Å². The molecule has 414 valence electrons. The van der Waals surface area contributed by atoms with Crippen molar-refractivity contribution in [3.63, 3.8) is 0 Å². The highest BCUT2D eigenvalue weighted by molar-refractivity contribution is 5.77. The van der Waals surface area contributed by atoms with Crippen LogP contribution < -0.4 is 5.32 Å². The summed E-state index contributed by atoms with van der Waals surface area (Å²) in [7, 11) is 0. The van der Waals surface area contributed by atoms with E-state index in [1.807, 2.05) is 0 Å². The van der Waals surface area contributed by atoms with Crippen molar-refractivity contribution in [3.8, 4) is 0 Å². The molecule has 0 aliphatic heterocycles. The Morgan fingerprint density at radius 1 is 0.408 bits per heavy atom. The van der Waals surface area contributed by atoms with Crippen LogP contribution >= 0.6 is 0 Å². The molecular formula is C65H119NO5. The number of unbranched alkanes of at least 4 members (excludes halogenated alkanes) is 34. The average Bonchev–Trinajstić information content (AvgIpc) is 3.36. The number of rotatable bonds is 56. The van der Waals surface area contributed by atoms with Gasteiger partial charge in [-0.1, -0.05) is 274 Å². The van der Waals surface area contributed by atoms with Gasteiger partial charge in [-0.15, -0.1) is 0 Å². The van der Waals surface area contributed by atoms with Gasteiger partial charge in [0.05, 0.1) is 25.2 Å². The molecule has 0 saturated heterocycles. The number of esters is 1. The molecule has 0 aliphatic rings. The molecule has 0 aromatic rings. The largest absolute Gasteiger partial charge is 0.462 e. The molecule has 6 nitrogen and oxygen atoms in total. The first-order chi connectivity index (χ1) is 35.0. The third-order valence-electron chi connectivity index (χ3n) is 14.1. The molecule has 71 heavy (non-hydrogen) atoms. The van der Waals surface area contributed by atoms with Crippen LogP contribution in [-0.2, 0) is 14.3 Å². The van der Waals surface area contributed by atoms with E-state index in [1.54, 1.807) is 0 Å². The van der Waals surface area contributed by atoms with E-state index in [2.05, 4.69) is 86.8 Å². The van der Waals surface area contributed by atoms with Gasteiger partial charge in [-0.2, -0.15) is 0 Å². The van der Waals surface area contributed by atoms with Gasteiger partial charge in [0, 0.05) is 6.42 Å². The smallest absolute Gasteiger partial charge is 0.306 e. The molecule has 0 fully saturated rings. The number of amides is 1. The minimum absolute atomic E-state index is 0.0370. The minimum atomic E-state index is -0.806. The standard InChI is InChI=1S/C65H119NO5/c1-4-7-10-13-16-19-22-25-28-31-34-37-40-43-46-49-52-55-58-65(70)71-61(56-53-50-47-44-41-38-35-32-29-26-23-20-17-14-11-8-5-2)59-64(69)66-62(60-67)63(68)57-54-51-48-45-42-39-36-33-30-27-24-21-18-15-12-9-6-3/h17,20,26,29,34-35,37-38,44,47,61-63,67-68H,4-16,18-19,21-25,27-28,30-33,36,39-43,45-46,48-60H2,1-3H3,(H,66,69)/b20-17-,29-26-,37-34+,38-35-,47-44-. The van der Waals surface area contributed by atoms with E-state index in [-0.39, 0.29) is 24.9 Å². The Kier molecular flexibility index (Phi) is 56.4. The molecule has 0 heterocycles. The molecule has 3 N–H and O–H groups in total.